The molecule has 1 aliphatic carbocycles. The summed E-state index contributed by atoms with van der Waals surface area (Å²) < 4.78 is 0. The highest BCUT2D eigenvalue weighted by Crippen LogP contribution is 2.24. The SMILES string of the molecule is NC1=C(/C=C(\N)Cl)CCC1O. The summed E-state index contributed by atoms with van der Waals surface area (Å²) in [6.07, 6.45) is 2.49. The summed E-state index contributed by atoms with van der Waals surface area (Å²) in [5.41, 5.74) is 12.1. The van der Waals surface area contributed by atoms with Crippen molar-refractivity contribution in [2.24, 2.45) is 11.5 Å². The lowest BCUT2D eigenvalue weighted by atomic mass is 10.2. The quantitative estimate of drug-likeness (QED) is 0.504. The van der Waals surface area contributed by atoms with Gasteiger partial charge in [-0.25, -0.2) is 0 Å². The van der Waals surface area contributed by atoms with Gasteiger partial charge in [-0.15, -0.1) is 0 Å². The van der Waals surface area contributed by atoms with Crippen molar-refractivity contribution < 1.29 is 5.11 Å². The van der Waals surface area contributed by atoms with Crippen LogP contribution in [-0.2, 0) is 0 Å². The highest BCUT2D eigenvalue weighted by atomic mass is 35.5. The van der Waals surface area contributed by atoms with Gasteiger partial charge in [-0.2, -0.15) is 0 Å². The number of hydrogen-bond donors (Lipinski definition) is 3. The van der Waals surface area contributed by atoms with Crippen molar-refractivity contribution in [3.63, 3.8) is 0 Å². The highest BCUT2D eigenvalue weighted by molar-refractivity contribution is 6.29. The van der Waals surface area contributed by atoms with Crippen molar-refractivity contribution in [3.8, 4) is 0 Å². The Balaban J connectivity index is 2.80. The molecule has 1 rings (SSSR count). The van der Waals surface area contributed by atoms with Crippen LogP contribution in [0.25, 0.3) is 0 Å². The second-order valence-corrected chi connectivity index (χ2v) is 3.00. The molecular formula is C7H11ClN2O. The maximum absolute atomic E-state index is 9.18. The number of hydrogen-bond acceptors (Lipinski definition) is 3. The van der Waals surface area contributed by atoms with Crippen molar-refractivity contribution >= 4 is 11.6 Å². The van der Waals surface area contributed by atoms with Crippen LogP contribution in [0.2, 0.25) is 0 Å². The zero-order valence-corrected chi connectivity index (χ0v) is 6.80. The van der Waals surface area contributed by atoms with Gasteiger partial charge in [0.2, 0.25) is 0 Å². The van der Waals surface area contributed by atoms with E-state index in [-0.39, 0.29) is 5.16 Å². The van der Waals surface area contributed by atoms with Gasteiger partial charge in [-0.05, 0) is 24.5 Å². The summed E-state index contributed by atoms with van der Waals surface area (Å²) in [6, 6.07) is 0. The molecule has 11 heavy (non-hydrogen) atoms. The molecule has 0 aliphatic heterocycles. The third kappa shape index (κ3) is 1.88. The molecule has 0 aromatic heterocycles. The molecule has 0 amide bonds. The van der Waals surface area contributed by atoms with Gasteiger partial charge in [0.15, 0.2) is 0 Å². The molecule has 1 atom stereocenters. The van der Waals surface area contributed by atoms with Crippen LogP contribution in [0.3, 0.4) is 0 Å². The molecule has 0 bridgehead atoms. The molecule has 0 spiro atoms. The van der Waals surface area contributed by atoms with Crippen molar-refractivity contribution in [1.29, 1.82) is 0 Å². The van der Waals surface area contributed by atoms with Gasteiger partial charge >= 0.3 is 0 Å². The van der Waals surface area contributed by atoms with Gasteiger partial charge in [0.05, 0.1) is 11.3 Å². The monoisotopic (exact) mass is 174 g/mol. The average Bonchev–Trinajstić information content (AvgIpc) is 2.18. The van der Waals surface area contributed by atoms with Gasteiger partial charge < -0.3 is 16.6 Å². The average molecular weight is 175 g/mol. The lowest BCUT2D eigenvalue weighted by molar-refractivity contribution is 0.210. The summed E-state index contributed by atoms with van der Waals surface area (Å²) in [7, 11) is 0. The van der Waals surface area contributed by atoms with E-state index in [1.54, 1.807) is 6.08 Å². The van der Waals surface area contributed by atoms with E-state index in [9.17, 15) is 5.11 Å². The Hall–Kier alpha value is -0.670. The maximum Gasteiger partial charge on any atom is 0.0995 e. The first-order chi connectivity index (χ1) is 5.11. The van der Waals surface area contributed by atoms with Crippen LogP contribution in [0.4, 0.5) is 0 Å². The maximum atomic E-state index is 9.18. The van der Waals surface area contributed by atoms with Crippen molar-refractivity contribution in [2.45, 2.75) is 18.9 Å². The standard InChI is InChI=1S/C7H11ClN2O/c8-6(9)3-4-1-2-5(11)7(4)10/h3,5,11H,1-2,9-10H2/b6-3-. The Morgan fingerprint density at radius 3 is 2.73 bits per heavy atom. The first-order valence-corrected chi connectivity index (χ1v) is 3.78. The Bertz CT molecular complexity index is 218. The van der Waals surface area contributed by atoms with Crippen LogP contribution in [-0.4, -0.2) is 11.2 Å². The van der Waals surface area contributed by atoms with Gasteiger partial charge in [-0.1, -0.05) is 11.6 Å². The van der Waals surface area contributed by atoms with Gasteiger partial charge in [0.25, 0.3) is 0 Å². The minimum atomic E-state index is -0.516. The van der Waals surface area contributed by atoms with Crippen molar-refractivity contribution in [3.05, 3.63) is 22.5 Å². The minimum absolute atomic E-state index is 0.206. The Labute approximate surface area is 70.3 Å². The molecule has 0 aromatic rings. The fourth-order valence-corrected chi connectivity index (χ4v) is 1.26. The molecule has 1 aliphatic rings. The van der Waals surface area contributed by atoms with Crippen LogP contribution in [0.1, 0.15) is 12.8 Å². The van der Waals surface area contributed by atoms with E-state index in [2.05, 4.69) is 0 Å². The molecule has 0 aromatic carbocycles. The van der Waals surface area contributed by atoms with Gasteiger partial charge in [0.1, 0.15) is 0 Å². The van der Waals surface area contributed by atoms with Gasteiger partial charge in [-0.3, -0.25) is 0 Å². The molecule has 0 fully saturated rings. The van der Waals surface area contributed by atoms with Crippen LogP contribution < -0.4 is 11.5 Å². The highest BCUT2D eigenvalue weighted by Gasteiger charge is 2.19. The second-order valence-electron chi connectivity index (χ2n) is 2.56. The fourth-order valence-electron chi connectivity index (χ4n) is 1.13. The van der Waals surface area contributed by atoms with Crippen LogP contribution in [0.15, 0.2) is 22.5 Å². The van der Waals surface area contributed by atoms with E-state index in [0.717, 1.165) is 12.0 Å². The smallest absolute Gasteiger partial charge is 0.0995 e. The number of rotatable bonds is 1. The van der Waals surface area contributed by atoms with Crippen LogP contribution >= 0.6 is 11.6 Å². The Kier molecular flexibility index (Phi) is 2.42. The molecule has 1 unspecified atom stereocenters. The number of aliphatic hydroxyl groups is 1. The topological polar surface area (TPSA) is 72.3 Å². The summed E-state index contributed by atoms with van der Waals surface area (Å²) in [5, 5.41) is 9.39. The van der Waals surface area contributed by atoms with Gasteiger partial charge in [0, 0.05) is 5.70 Å². The van der Waals surface area contributed by atoms with E-state index in [1.165, 1.54) is 0 Å². The molecule has 0 heterocycles. The molecule has 0 saturated heterocycles. The van der Waals surface area contributed by atoms with Crippen molar-refractivity contribution in [1.82, 2.24) is 0 Å². The van der Waals surface area contributed by atoms with Crippen molar-refractivity contribution in [2.75, 3.05) is 0 Å². The van der Waals surface area contributed by atoms with Crippen LogP contribution in [0, 0.1) is 0 Å². The third-order valence-corrected chi connectivity index (χ3v) is 1.84. The number of allylic oxidation sites excluding steroid dienone is 2. The Morgan fingerprint density at radius 1 is 1.73 bits per heavy atom. The summed E-state index contributed by atoms with van der Waals surface area (Å²) >= 11 is 5.44. The molecular weight excluding hydrogens is 164 g/mol. The first-order valence-electron chi connectivity index (χ1n) is 3.40. The van der Waals surface area contributed by atoms with E-state index >= 15 is 0 Å². The fraction of sp³-hybridized carbons (Fsp3) is 0.429. The number of nitrogens with two attached hydrogens (primary N) is 2. The summed E-state index contributed by atoms with van der Waals surface area (Å²) in [4.78, 5) is 0. The number of halogens is 1. The minimum Gasteiger partial charge on any atom is -0.400 e. The lowest BCUT2D eigenvalue weighted by Gasteiger charge is -2.00. The second kappa shape index (κ2) is 3.15. The molecule has 0 saturated carbocycles. The molecule has 3 nitrogen and oxygen atoms in total. The van der Waals surface area contributed by atoms with Crippen LogP contribution in [0.5, 0.6) is 0 Å². The Morgan fingerprint density at radius 2 is 2.36 bits per heavy atom. The largest absolute Gasteiger partial charge is 0.400 e. The lowest BCUT2D eigenvalue weighted by Crippen LogP contribution is -2.12. The van der Waals surface area contributed by atoms with E-state index < -0.39 is 6.10 Å². The normalized spacial score (nSPS) is 26.4. The predicted octanol–water partition coefficient (Wildman–Crippen LogP) is 0.393. The predicted molar refractivity (Wildman–Crippen MR) is 44.6 cm³/mol. The molecule has 5 N–H and O–H groups in total. The third-order valence-electron chi connectivity index (χ3n) is 1.73. The molecule has 0 radical (unpaired) electrons. The summed E-state index contributed by atoms with van der Waals surface area (Å²) in [5.74, 6) is 0. The summed E-state index contributed by atoms with van der Waals surface area (Å²) in [6.45, 7) is 0. The molecule has 4 heteroatoms. The zero-order valence-electron chi connectivity index (χ0n) is 6.05. The van der Waals surface area contributed by atoms with E-state index in [1.807, 2.05) is 0 Å². The van der Waals surface area contributed by atoms with E-state index in [0.29, 0.717) is 12.1 Å². The zero-order chi connectivity index (χ0) is 8.43. The molecule has 62 valence electrons. The number of aliphatic hydroxyl groups excluding tert-OH is 1. The first kappa shape index (κ1) is 8.43. The van der Waals surface area contributed by atoms with E-state index in [4.69, 9.17) is 23.1 Å².